The summed E-state index contributed by atoms with van der Waals surface area (Å²) in [6.07, 6.45) is 2.97. The van der Waals surface area contributed by atoms with Crippen molar-refractivity contribution in [1.29, 1.82) is 0 Å². The Morgan fingerprint density at radius 2 is 1.57 bits per heavy atom. The lowest BCUT2D eigenvalue weighted by Crippen LogP contribution is -2.42. The molecule has 1 amide bonds. The van der Waals surface area contributed by atoms with E-state index in [-0.39, 0.29) is 17.6 Å². The number of carbonyl (C=O) groups is 2. The van der Waals surface area contributed by atoms with Crippen LogP contribution in [0.3, 0.4) is 0 Å². The minimum Gasteiger partial charge on any atom is -0.372 e. The first-order valence-electron chi connectivity index (χ1n) is 13.4. The first kappa shape index (κ1) is 24.8. The predicted molar refractivity (Wildman–Crippen MR) is 151 cm³/mol. The second kappa shape index (κ2) is 10.6. The van der Waals surface area contributed by atoms with Crippen molar-refractivity contribution in [2.24, 2.45) is 5.92 Å². The third kappa shape index (κ3) is 4.66. The lowest BCUT2D eigenvalue weighted by atomic mass is 9.76. The molecular weight excluding hydrogens is 458 g/mol. The number of hydrogen-bond acceptors (Lipinski definition) is 4. The largest absolute Gasteiger partial charge is 0.372 e. The molecule has 0 radical (unpaired) electrons. The fourth-order valence-corrected chi connectivity index (χ4v) is 5.79. The zero-order chi connectivity index (χ0) is 25.9. The number of amides is 1. The van der Waals surface area contributed by atoms with Crippen LogP contribution in [-0.4, -0.2) is 24.8 Å². The molecule has 3 aromatic carbocycles. The Hall–Kier alpha value is -3.86. The van der Waals surface area contributed by atoms with Crippen LogP contribution < -0.4 is 15.1 Å². The van der Waals surface area contributed by atoms with E-state index in [2.05, 4.69) is 66.5 Å². The molecule has 3 atom stereocenters. The maximum absolute atomic E-state index is 14.0. The highest BCUT2D eigenvalue weighted by Crippen LogP contribution is 2.48. The van der Waals surface area contributed by atoms with Gasteiger partial charge in [-0.1, -0.05) is 67.6 Å². The van der Waals surface area contributed by atoms with Crippen molar-refractivity contribution in [2.75, 3.05) is 28.2 Å². The molecule has 190 valence electrons. The summed E-state index contributed by atoms with van der Waals surface area (Å²) in [6.45, 7) is 8.02. The third-order valence-corrected chi connectivity index (χ3v) is 7.68. The minimum absolute atomic E-state index is 0.00117. The van der Waals surface area contributed by atoms with Gasteiger partial charge in [0.05, 0.1) is 23.3 Å². The van der Waals surface area contributed by atoms with Crippen LogP contribution in [0, 0.1) is 5.92 Å². The summed E-state index contributed by atoms with van der Waals surface area (Å²) < 4.78 is 0. The monoisotopic (exact) mass is 493 g/mol. The van der Waals surface area contributed by atoms with E-state index in [0.717, 1.165) is 47.0 Å². The summed E-state index contributed by atoms with van der Waals surface area (Å²) in [6, 6.07) is 26.1. The number of ketones is 1. The van der Waals surface area contributed by atoms with Crippen LogP contribution in [0.4, 0.5) is 17.1 Å². The minimum atomic E-state index is -0.470. The molecule has 0 bridgehead atoms. The SMILES string of the molecule is CCC(=O)N1c2ccccc2NC2=C[C@H](c3ccccc3)CC(=O)[C@H]2[C@@H]1c1ccc(N(CC)CC)cc1. The number of nitrogens with one attached hydrogen (secondary N) is 1. The summed E-state index contributed by atoms with van der Waals surface area (Å²) in [7, 11) is 0. The highest BCUT2D eigenvalue weighted by molar-refractivity contribution is 6.01. The highest BCUT2D eigenvalue weighted by atomic mass is 16.2. The molecule has 5 rings (SSSR count). The Morgan fingerprint density at radius 1 is 0.892 bits per heavy atom. The average Bonchev–Trinajstić information content (AvgIpc) is 3.09. The lowest BCUT2D eigenvalue weighted by molar-refractivity contribution is -0.123. The smallest absolute Gasteiger partial charge is 0.227 e. The summed E-state index contributed by atoms with van der Waals surface area (Å²) in [5.74, 6) is -0.314. The first-order chi connectivity index (χ1) is 18.0. The molecule has 37 heavy (non-hydrogen) atoms. The highest BCUT2D eigenvalue weighted by Gasteiger charge is 2.44. The van der Waals surface area contributed by atoms with Gasteiger partial charge in [0.15, 0.2) is 0 Å². The van der Waals surface area contributed by atoms with Gasteiger partial charge in [-0.15, -0.1) is 0 Å². The Morgan fingerprint density at radius 3 is 2.24 bits per heavy atom. The summed E-state index contributed by atoms with van der Waals surface area (Å²) >= 11 is 0. The molecule has 1 aliphatic heterocycles. The number of carbonyl (C=O) groups excluding carboxylic acids is 2. The van der Waals surface area contributed by atoms with Gasteiger partial charge in [0.2, 0.25) is 5.91 Å². The van der Waals surface area contributed by atoms with Crippen LogP contribution in [0.25, 0.3) is 0 Å². The van der Waals surface area contributed by atoms with Crippen LogP contribution >= 0.6 is 0 Å². The molecular formula is C32H35N3O2. The number of para-hydroxylation sites is 2. The maximum Gasteiger partial charge on any atom is 0.227 e. The number of hydrogen-bond donors (Lipinski definition) is 1. The van der Waals surface area contributed by atoms with Crippen molar-refractivity contribution in [2.45, 2.75) is 45.6 Å². The number of benzene rings is 3. The molecule has 0 saturated carbocycles. The fourth-order valence-electron chi connectivity index (χ4n) is 5.79. The van der Waals surface area contributed by atoms with Crippen molar-refractivity contribution in [3.63, 3.8) is 0 Å². The molecule has 1 aliphatic carbocycles. The number of Topliss-reactive ketones (excluding diaryl/α,β-unsaturated/α-hetero) is 1. The molecule has 0 aromatic heterocycles. The number of nitrogens with zero attached hydrogens (tertiary/aromatic N) is 2. The fraction of sp³-hybridized carbons (Fsp3) is 0.312. The van der Waals surface area contributed by atoms with Gasteiger partial charge in [-0.25, -0.2) is 0 Å². The third-order valence-electron chi connectivity index (χ3n) is 7.68. The normalized spacial score (nSPS) is 20.7. The van der Waals surface area contributed by atoms with Gasteiger partial charge in [-0.2, -0.15) is 0 Å². The van der Waals surface area contributed by atoms with Gasteiger partial charge in [-0.05, 0) is 49.2 Å². The summed E-state index contributed by atoms with van der Waals surface area (Å²) in [4.78, 5) is 31.7. The van der Waals surface area contributed by atoms with E-state index in [0.29, 0.717) is 12.8 Å². The van der Waals surface area contributed by atoms with Gasteiger partial charge < -0.3 is 15.1 Å². The second-order valence-electron chi connectivity index (χ2n) is 9.76. The second-order valence-corrected chi connectivity index (χ2v) is 9.76. The molecule has 2 aliphatic rings. The van der Waals surface area contributed by atoms with Crippen LogP contribution in [0.15, 0.2) is 90.6 Å². The van der Waals surface area contributed by atoms with Crippen molar-refractivity contribution in [3.8, 4) is 0 Å². The van der Waals surface area contributed by atoms with E-state index in [9.17, 15) is 9.59 Å². The Balaban J connectivity index is 1.67. The number of allylic oxidation sites excluding steroid dienone is 1. The topological polar surface area (TPSA) is 52.7 Å². The Kier molecular flexibility index (Phi) is 7.13. The van der Waals surface area contributed by atoms with Gasteiger partial charge in [-0.3, -0.25) is 9.59 Å². The molecule has 0 unspecified atom stereocenters. The zero-order valence-corrected chi connectivity index (χ0v) is 21.9. The van der Waals surface area contributed by atoms with Crippen LogP contribution in [0.2, 0.25) is 0 Å². The van der Waals surface area contributed by atoms with Crippen LogP contribution in [0.5, 0.6) is 0 Å². The van der Waals surface area contributed by atoms with Gasteiger partial charge >= 0.3 is 0 Å². The molecule has 5 nitrogen and oxygen atoms in total. The van der Waals surface area contributed by atoms with E-state index >= 15 is 0 Å². The Bertz CT molecular complexity index is 1300. The van der Waals surface area contributed by atoms with Crippen molar-refractivity contribution < 1.29 is 9.59 Å². The van der Waals surface area contributed by atoms with Crippen molar-refractivity contribution in [1.82, 2.24) is 0 Å². The number of anilines is 3. The van der Waals surface area contributed by atoms with E-state index < -0.39 is 12.0 Å². The van der Waals surface area contributed by atoms with Gasteiger partial charge in [0, 0.05) is 43.2 Å². The van der Waals surface area contributed by atoms with Gasteiger partial charge in [0.1, 0.15) is 5.78 Å². The lowest BCUT2D eigenvalue weighted by Gasteiger charge is -2.37. The van der Waals surface area contributed by atoms with E-state index in [4.69, 9.17) is 0 Å². The quantitative estimate of drug-likeness (QED) is 0.415. The molecule has 0 saturated heterocycles. The number of fused-ring (bicyclic) bond motifs is 2. The molecule has 1 heterocycles. The Labute approximate surface area is 219 Å². The molecule has 5 heteroatoms. The van der Waals surface area contributed by atoms with Crippen molar-refractivity contribution in [3.05, 3.63) is 102 Å². The predicted octanol–water partition coefficient (Wildman–Crippen LogP) is 6.70. The zero-order valence-electron chi connectivity index (χ0n) is 21.9. The molecule has 0 spiro atoms. The molecule has 0 fully saturated rings. The van der Waals surface area contributed by atoms with E-state index in [1.54, 1.807) is 0 Å². The maximum atomic E-state index is 14.0. The number of rotatable bonds is 6. The summed E-state index contributed by atoms with van der Waals surface area (Å²) in [5, 5.41) is 3.59. The van der Waals surface area contributed by atoms with Crippen molar-refractivity contribution >= 4 is 28.8 Å². The van der Waals surface area contributed by atoms with Crippen LogP contribution in [-0.2, 0) is 9.59 Å². The van der Waals surface area contributed by atoms with E-state index in [1.807, 2.05) is 54.3 Å². The van der Waals surface area contributed by atoms with Crippen LogP contribution in [0.1, 0.15) is 56.7 Å². The average molecular weight is 494 g/mol. The molecule has 3 aromatic rings. The summed E-state index contributed by atoms with van der Waals surface area (Å²) in [5.41, 5.74) is 5.78. The van der Waals surface area contributed by atoms with E-state index in [1.165, 1.54) is 0 Å². The van der Waals surface area contributed by atoms with Gasteiger partial charge in [0.25, 0.3) is 0 Å². The standard InChI is InChI=1S/C32H35N3O2/c1-4-30(37)35-28-15-11-10-14-26(28)33-27-20-24(22-12-8-7-9-13-22)21-29(36)31(27)32(35)23-16-18-25(19-17-23)34(5-2)6-3/h7-20,24,31-33H,4-6,21H2,1-3H3/t24-,31-,32-/m0/s1. The first-order valence-corrected chi connectivity index (χ1v) is 13.4. The molecule has 1 N–H and O–H groups in total.